The van der Waals surface area contributed by atoms with E-state index in [1.165, 1.54) is 4.90 Å². The molecule has 0 unspecified atom stereocenters. The fourth-order valence-electron chi connectivity index (χ4n) is 2.55. The molecule has 3 rings (SSSR count). The van der Waals surface area contributed by atoms with E-state index in [-0.39, 0.29) is 11.5 Å². The first-order valence-corrected chi connectivity index (χ1v) is 6.48. The second-order valence-corrected chi connectivity index (χ2v) is 5.07. The van der Waals surface area contributed by atoms with Crippen LogP contribution in [0.5, 0.6) is 0 Å². The van der Waals surface area contributed by atoms with Gasteiger partial charge in [0.1, 0.15) is 0 Å². The number of amides is 1. The number of para-hydroxylation sites is 1. The quantitative estimate of drug-likeness (QED) is 0.785. The van der Waals surface area contributed by atoms with Gasteiger partial charge >= 0.3 is 5.97 Å². The Kier molecular flexibility index (Phi) is 2.90. The molecule has 0 aliphatic rings. The third-order valence-corrected chi connectivity index (χ3v) is 3.50. The van der Waals surface area contributed by atoms with E-state index in [1.54, 1.807) is 49.0 Å². The van der Waals surface area contributed by atoms with E-state index in [1.807, 2.05) is 12.1 Å². The second-order valence-electron chi connectivity index (χ2n) is 5.07. The van der Waals surface area contributed by atoms with E-state index in [0.717, 1.165) is 5.52 Å². The molecule has 2 heterocycles. The molecule has 0 spiro atoms. The van der Waals surface area contributed by atoms with Crippen LogP contribution in [0.25, 0.3) is 16.4 Å². The lowest BCUT2D eigenvalue weighted by Crippen LogP contribution is -2.21. The number of fused-ring (bicyclic) bond motifs is 3. The first-order chi connectivity index (χ1) is 10.0. The average Bonchev–Trinajstić information content (AvgIpc) is 2.80. The molecule has 0 fully saturated rings. The Morgan fingerprint density at radius 3 is 2.43 bits per heavy atom. The molecule has 0 radical (unpaired) electrons. The van der Waals surface area contributed by atoms with Crippen LogP contribution in [0, 0.1) is 0 Å². The van der Waals surface area contributed by atoms with E-state index in [4.69, 9.17) is 0 Å². The van der Waals surface area contributed by atoms with Crippen LogP contribution in [0.15, 0.2) is 42.6 Å². The Morgan fingerprint density at radius 1 is 1.05 bits per heavy atom. The number of benzene rings is 1. The summed E-state index contributed by atoms with van der Waals surface area (Å²) in [5, 5.41) is 10.1. The standard InChI is InChI=1S/C16H14N2O3/c1-17(2)15(19)10-7-8-13-14(16(20)21)11-5-3-4-6-12(11)18(13)9-10/h3-9H,1-2H3,(H,20,21). The van der Waals surface area contributed by atoms with Gasteiger partial charge in [-0.1, -0.05) is 18.2 Å². The molecule has 5 nitrogen and oxygen atoms in total. The van der Waals surface area contributed by atoms with E-state index in [0.29, 0.717) is 16.5 Å². The molecule has 2 aromatic heterocycles. The van der Waals surface area contributed by atoms with Crippen molar-refractivity contribution in [3.05, 3.63) is 53.7 Å². The fourth-order valence-corrected chi connectivity index (χ4v) is 2.55. The summed E-state index contributed by atoms with van der Waals surface area (Å²) in [7, 11) is 3.37. The largest absolute Gasteiger partial charge is 0.478 e. The average molecular weight is 282 g/mol. The molecule has 106 valence electrons. The molecule has 3 aromatic rings. The van der Waals surface area contributed by atoms with Gasteiger partial charge in [-0.3, -0.25) is 4.79 Å². The van der Waals surface area contributed by atoms with Crippen molar-refractivity contribution >= 4 is 28.3 Å². The summed E-state index contributed by atoms with van der Waals surface area (Å²) in [6.07, 6.45) is 1.69. The van der Waals surface area contributed by atoms with Crippen LogP contribution in [0.3, 0.4) is 0 Å². The number of carboxylic acid groups (broad SMARTS) is 1. The zero-order valence-corrected chi connectivity index (χ0v) is 11.7. The van der Waals surface area contributed by atoms with Crippen LogP contribution in [0.1, 0.15) is 20.7 Å². The Hall–Kier alpha value is -2.82. The Labute approximate surface area is 121 Å². The molecule has 21 heavy (non-hydrogen) atoms. The number of aromatic carboxylic acids is 1. The molecule has 1 amide bonds. The molecule has 0 bridgehead atoms. The highest BCUT2D eigenvalue weighted by molar-refractivity contribution is 6.11. The molecule has 5 heteroatoms. The maximum absolute atomic E-state index is 12.1. The monoisotopic (exact) mass is 282 g/mol. The summed E-state index contributed by atoms with van der Waals surface area (Å²) in [5.74, 6) is -1.09. The van der Waals surface area contributed by atoms with Crippen molar-refractivity contribution in [1.29, 1.82) is 0 Å². The lowest BCUT2D eigenvalue weighted by molar-refractivity contribution is 0.0700. The highest BCUT2D eigenvalue weighted by atomic mass is 16.4. The smallest absolute Gasteiger partial charge is 0.338 e. The predicted molar refractivity (Wildman–Crippen MR) is 79.9 cm³/mol. The number of nitrogens with zero attached hydrogens (tertiary/aromatic N) is 2. The van der Waals surface area contributed by atoms with Crippen molar-refractivity contribution in [2.45, 2.75) is 0 Å². The third kappa shape index (κ3) is 1.94. The maximum atomic E-state index is 12.1. The number of carbonyl (C=O) groups excluding carboxylic acids is 1. The summed E-state index contributed by atoms with van der Waals surface area (Å²) in [4.78, 5) is 25.1. The minimum atomic E-state index is -0.972. The van der Waals surface area contributed by atoms with Crippen molar-refractivity contribution in [2.24, 2.45) is 0 Å². The SMILES string of the molecule is CN(C)C(=O)c1ccc2c(C(=O)O)c3ccccc3n2c1. The molecule has 0 aliphatic heterocycles. The van der Waals surface area contributed by atoms with Gasteiger partial charge in [-0.2, -0.15) is 0 Å². The normalized spacial score (nSPS) is 11.0. The molecule has 0 atom stereocenters. The van der Waals surface area contributed by atoms with Crippen LogP contribution in [0.4, 0.5) is 0 Å². The summed E-state index contributed by atoms with van der Waals surface area (Å²) >= 11 is 0. The van der Waals surface area contributed by atoms with Crippen molar-refractivity contribution < 1.29 is 14.7 Å². The molecular weight excluding hydrogens is 268 g/mol. The lowest BCUT2D eigenvalue weighted by atomic mass is 10.1. The number of aromatic nitrogens is 1. The number of carboxylic acids is 1. The topological polar surface area (TPSA) is 62.0 Å². The van der Waals surface area contributed by atoms with Gasteiger partial charge in [-0.05, 0) is 18.2 Å². The van der Waals surface area contributed by atoms with Crippen molar-refractivity contribution in [1.82, 2.24) is 9.30 Å². The number of carbonyl (C=O) groups is 2. The van der Waals surface area contributed by atoms with Gasteiger partial charge in [-0.15, -0.1) is 0 Å². The Balaban J connectivity index is 2.39. The summed E-state index contributed by atoms with van der Waals surface area (Å²) in [6.45, 7) is 0. The number of rotatable bonds is 2. The van der Waals surface area contributed by atoms with Gasteiger partial charge in [0.25, 0.3) is 5.91 Å². The van der Waals surface area contributed by atoms with Crippen LogP contribution in [-0.4, -0.2) is 40.4 Å². The lowest BCUT2D eigenvalue weighted by Gasteiger charge is -2.10. The van der Waals surface area contributed by atoms with Crippen LogP contribution < -0.4 is 0 Å². The van der Waals surface area contributed by atoms with Gasteiger partial charge in [0.2, 0.25) is 0 Å². The van der Waals surface area contributed by atoms with Crippen molar-refractivity contribution in [2.75, 3.05) is 14.1 Å². The van der Waals surface area contributed by atoms with Gasteiger partial charge < -0.3 is 14.4 Å². The minimum Gasteiger partial charge on any atom is -0.478 e. The van der Waals surface area contributed by atoms with E-state index in [9.17, 15) is 14.7 Å². The molecule has 0 saturated carbocycles. The number of hydrogen-bond donors (Lipinski definition) is 1. The molecule has 1 N–H and O–H groups in total. The van der Waals surface area contributed by atoms with Gasteiger partial charge in [0.05, 0.1) is 22.2 Å². The van der Waals surface area contributed by atoms with Crippen molar-refractivity contribution in [3.63, 3.8) is 0 Å². The van der Waals surface area contributed by atoms with Crippen LogP contribution >= 0.6 is 0 Å². The Bertz CT molecular complexity index is 878. The zero-order chi connectivity index (χ0) is 15.1. The highest BCUT2D eigenvalue weighted by Gasteiger charge is 2.18. The summed E-state index contributed by atoms with van der Waals surface area (Å²) in [5.41, 5.74) is 2.14. The van der Waals surface area contributed by atoms with E-state index in [2.05, 4.69) is 0 Å². The van der Waals surface area contributed by atoms with Gasteiger partial charge in [0.15, 0.2) is 0 Å². The van der Waals surface area contributed by atoms with E-state index < -0.39 is 5.97 Å². The predicted octanol–water partition coefficient (Wildman–Crippen LogP) is 2.49. The fraction of sp³-hybridized carbons (Fsp3) is 0.125. The first kappa shape index (κ1) is 13.2. The zero-order valence-electron chi connectivity index (χ0n) is 11.7. The summed E-state index contributed by atoms with van der Waals surface area (Å²) < 4.78 is 1.76. The number of pyridine rings is 1. The number of hydrogen-bond acceptors (Lipinski definition) is 2. The van der Waals surface area contributed by atoms with Gasteiger partial charge in [0, 0.05) is 25.7 Å². The molecule has 0 saturated heterocycles. The van der Waals surface area contributed by atoms with Crippen molar-refractivity contribution in [3.8, 4) is 0 Å². The van der Waals surface area contributed by atoms with Crippen LogP contribution in [0.2, 0.25) is 0 Å². The first-order valence-electron chi connectivity index (χ1n) is 6.48. The molecule has 0 aliphatic carbocycles. The van der Waals surface area contributed by atoms with Crippen LogP contribution in [-0.2, 0) is 0 Å². The van der Waals surface area contributed by atoms with E-state index >= 15 is 0 Å². The summed E-state index contributed by atoms with van der Waals surface area (Å²) in [6, 6.07) is 10.6. The third-order valence-electron chi connectivity index (χ3n) is 3.50. The highest BCUT2D eigenvalue weighted by Crippen LogP contribution is 2.27. The molecule has 1 aromatic carbocycles. The maximum Gasteiger partial charge on any atom is 0.338 e. The second kappa shape index (κ2) is 4.63. The minimum absolute atomic E-state index is 0.119. The molecular formula is C16H14N2O3. The van der Waals surface area contributed by atoms with Gasteiger partial charge in [-0.25, -0.2) is 4.79 Å². The Morgan fingerprint density at radius 2 is 1.76 bits per heavy atom.